The molecule has 0 saturated carbocycles. The Labute approximate surface area is 159 Å². The number of halogens is 3. The number of nitrogens with zero attached hydrogens (tertiary/aromatic N) is 2. The Bertz CT molecular complexity index is 962. The Kier molecular flexibility index (Phi) is 5.55. The van der Waals surface area contributed by atoms with Gasteiger partial charge in [0.1, 0.15) is 6.26 Å². The second-order valence-corrected chi connectivity index (χ2v) is 6.30. The van der Waals surface area contributed by atoms with E-state index in [4.69, 9.17) is 10.2 Å². The second kappa shape index (κ2) is 7.89. The van der Waals surface area contributed by atoms with Crippen molar-refractivity contribution in [3.63, 3.8) is 0 Å². The fourth-order valence-corrected chi connectivity index (χ4v) is 2.94. The van der Waals surface area contributed by atoms with E-state index in [2.05, 4.69) is 10.4 Å². The van der Waals surface area contributed by atoms with Crippen LogP contribution in [0, 0.1) is 0 Å². The molecule has 1 unspecified atom stereocenters. The van der Waals surface area contributed by atoms with E-state index in [0.717, 1.165) is 11.8 Å². The van der Waals surface area contributed by atoms with Gasteiger partial charge in [0, 0.05) is 31.4 Å². The van der Waals surface area contributed by atoms with E-state index < -0.39 is 23.7 Å². The molecule has 148 valence electrons. The van der Waals surface area contributed by atoms with E-state index in [1.807, 2.05) is 0 Å². The molecule has 2 heterocycles. The van der Waals surface area contributed by atoms with E-state index in [1.54, 1.807) is 30.1 Å². The Hall–Kier alpha value is -3.07. The van der Waals surface area contributed by atoms with Crippen LogP contribution in [0.2, 0.25) is 0 Å². The Morgan fingerprint density at radius 2 is 2.07 bits per heavy atom. The van der Waals surface area contributed by atoms with Crippen molar-refractivity contribution < 1.29 is 22.4 Å². The molecule has 0 bridgehead atoms. The van der Waals surface area contributed by atoms with E-state index >= 15 is 0 Å². The highest BCUT2D eigenvalue weighted by Crippen LogP contribution is 2.32. The number of amides is 1. The number of benzene rings is 1. The summed E-state index contributed by atoms with van der Waals surface area (Å²) < 4.78 is 46.4. The van der Waals surface area contributed by atoms with Crippen LogP contribution in [0.25, 0.3) is 11.3 Å². The molecule has 3 rings (SSSR count). The first-order valence-corrected chi connectivity index (χ1v) is 8.52. The smallest absolute Gasteiger partial charge is 0.416 e. The Balaban J connectivity index is 1.73. The Morgan fingerprint density at radius 3 is 2.71 bits per heavy atom. The van der Waals surface area contributed by atoms with Gasteiger partial charge >= 0.3 is 6.18 Å². The first-order valence-electron chi connectivity index (χ1n) is 8.52. The molecule has 28 heavy (non-hydrogen) atoms. The molecule has 0 aliphatic carbocycles. The van der Waals surface area contributed by atoms with Gasteiger partial charge in [-0.05, 0) is 30.2 Å². The molecule has 0 radical (unpaired) electrons. The molecule has 0 spiro atoms. The summed E-state index contributed by atoms with van der Waals surface area (Å²) in [6.45, 7) is -0.0206. The summed E-state index contributed by atoms with van der Waals surface area (Å²) >= 11 is 0. The second-order valence-electron chi connectivity index (χ2n) is 6.30. The summed E-state index contributed by atoms with van der Waals surface area (Å²) in [6, 6.07) is 7.87. The number of carbonyl (C=O) groups is 1. The quantitative estimate of drug-likeness (QED) is 0.675. The van der Waals surface area contributed by atoms with Gasteiger partial charge in [0.25, 0.3) is 5.91 Å². The summed E-state index contributed by atoms with van der Waals surface area (Å²) in [7, 11) is 1.75. The lowest BCUT2D eigenvalue weighted by Gasteiger charge is -2.19. The van der Waals surface area contributed by atoms with Crippen molar-refractivity contribution in [3.05, 3.63) is 65.7 Å². The molecule has 0 saturated heterocycles. The van der Waals surface area contributed by atoms with Crippen LogP contribution in [0.5, 0.6) is 0 Å². The van der Waals surface area contributed by atoms with E-state index in [0.29, 0.717) is 5.56 Å². The number of aromatic nitrogens is 2. The number of furan rings is 1. The third-order valence-corrected chi connectivity index (χ3v) is 4.35. The van der Waals surface area contributed by atoms with Crippen LogP contribution in [0.3, 0.4) is 0 Å². The Morgan fingerprint density at radius 1 is 1.32 bits per heavy atom. The third kappa shape index (κ3) is 4.25. The maximum absolute atomic E-state index is 13.2. The number of alkyl halides is 3. The van der Waals surface area contributed by atoms with Gasteiger partial charge in [0.05, 0.1) is 11.3 Å². The van der Waals surface area contributed by atoms with Crippen LogP contribution in [0.4, 0.5) is 13.2 Å². The zero-order valence-corrected chi connectivity index (χ0v) is 15.0. The molecule has 3 N–H and O–H groups in total. The number of nitrogens with one attached hydrogen (secondary N) is 1. The first kappa shape index (κ1) is 19.7. The molecule has 2 aromatic heterocycles. The average molecular weight is 392 g/mol. The van der Waals surface area contributed by atoms with E-state index in [-0.39, 0.29) is 24.3 Å². The van der Waals surface area contributed by atoms with Gasteiger partial charge in [-0.15, -0.1) is 0 Å². The highest BCUT2D eigenvalue weighted by Gasteiger charge is 2.33. The highest BCUT2D eigenvalue weighted by atomic mass is 19.4. The highest BCUT2D eigenvalue weighted by molar-refractivity contribution is 5.93. The van der Waals surface area contributed by atoms with Gasteiger partial charge < -0.3 is 15.5 Å². The zero-order chi connectivity index (χ0) is 20.3. The predicted molar refractivity (Wildman–Crippen MR) is 96.4 cm³/mol. The van der Waals surface area contributed by atoms with Crippen molar-refractivity contribution in [2.24, 2.45) is 12.8 Å². The number of rotatable bonds is 6. The summed E-state index contributed by atoms with van der Waals surface area (Å²) in [6.07, 6.45) is -1.49. The van der Waals surface area contributed by atoms with Gasteiger partial charge in [-0.25, -0.2) is 0 Å². The van der Waals surface area contributed by atoms with Gasteiger partial charge in [-0.3, -0.25) is 9.48 Å². The molecular weight excluding hydrogens is 373 g/mol. The fraction of sp³-hybridized carbons (Fsp3) is 0.263. The number of hydrogen-bond donors (Lipinski definition) is 2. The van der Waals surface area contributed by atoms with Crippen molar-refractivity contribution in [3.8, 4) is 11.3 Å². The van der Waals surface area contributed by atoms with Crippen LogP contribution in [0.1, 0.15) is 21.7 Å². The number of carbonyl (C=O) groups excluding carboxylic acids is 1. The lowest BCUT2D eigenvalue weighted by atomic mass is 9.99. The molecule has 0 aliphatic rings. The summed E-state index contributed by atoms with van der Waals surface area (Å²) in [4.78, 5) is 12.4. The minimum atomic E-state index is -4.47. The largest absolute Gasteiger partial charge is 0.458 e. The first-order chi connectivity index (χ1) is 13.3. The number of nitrogens with two attached hydrogens (primary N) is 1. The SMILES string of the molecule is Cn1nccc1-c1coc(C(=O)NC(CN)Cc2ccccc2C(F)(F)F)c1. The van der Waals surface area contributed by atoms with Crippen LogP contribution in [0.15, 0.2) is 53.3 Å². The van der Waals surface area contributed by atoms with E-state index in [1.165, 1.54) is 24.5 Å². The van der Waals surface area contributed by atoms with Gasteiger partial charge in [-0.1, -0.05) is 18.2 Å². The van der Waals surface area contributed by atoms with Crippen LogP contribution >= 0.6 is 0 Å². The standard InChI is InChI=1S/C19H19F3N4O2/c1-26-16(6-7-24-26)13-9-17(28-11-13)18(27)25-14(10-23)8-12-4-2-3-5-15(12)19(20,21)22/h2-7,9,11,14H,8,10,23H2,1H3,(H,25,27). The maximum Gasteiger partial charge on any atom is 0.416 e. The molecule has 0 aliphatic heterocycles. The molecule has 1 atom stereocenters. The monoisotopic (exact) mass is 392 g/mol. The molecule has 9 heteroatoms. The van der Waals surface area contributed by atoms with Crippen molar-refractivity contribution in [1.82, 2.24) is 15.1 Å². The zero-order valence-electron chi connectivity index (χ0n) is 15.0. The topological polar surface area (TPSA) is 86.1 Å². The number of aryl methyl sites for hydroxylation is 1. The molecule has 1 amide bonds. The van der Waals surface area contributed by atoms with Gasteiger partial charge in [0.15, 0.2) is 5.76 Å². The van der Waals surface area contributed by atoms with Gasteiger partial charge in [0.2, 0.25) is 0 Å². The van der Waals surface area contributed by atoms with Crippen molar-refractivity contribution in [2.75, 3.05) is 6.54 Å². The normalized spacial score (nSPS) is 12.8. The van der Waals surface area contributed by atoms with Crippen molar-refractivity contribution in [1.29, 1.82) is 0 Å². The summed E-state index contributed by atoms with van der Waals surface area (Å²) in [5, 5.41) is 6.69. The molecule has 6 nitrogen and oxygen atoms in total. The summed E-state index contributed by atoms with van der Waals surface area (Å²) in [5.41, 5.74) is 6.43. The average Bonchev–Trinajstić information content (AvgIpc) is 3.29. The third-order valence-electron chi connectivity index (χ3n) is 4.35. The van der Waals surface area contributed by atoms with Crippen molar-refractivity contribution in [2.45, 2.75) is 18.6 Å². The lowest BCUT2D eigenvalue weighted by Crippen LogP contribution is -2.41. The van der Waals surface area contributed by atoms with Crippen LogP contribution < -0.4 is 11.1 Å². The number of hydrogen-bond acceptors (Lipinski definition) is 4. The lowest BCUT2D eigenvalue weighted by molar-refractivity contribution is -0.138. The van der Waals surface area contributed by atoms with Crippen LogP contribution in [-0.2, 0) is 19.6 Å². The maximum atomic E-state index is 13.2. The molecule has 1 aromatic carbocycles. The minimum absolute atomic E-state index is 0.0206. The minimum Gasteiger partial charge on any atom is -0.458 e. The van der Waals surface area contributed by atoms with Gasteiger partial charge in [-0.2, -0.15) is 18.3 Å². The molecule has 0 fully saturated rings. The fourth-order valence-electron chi connectivity index (χ4n) is 2.94. The molecular formula is C19H19F3N4O2. The van der Waals surface area contributed by atoms with Crippen LogP contribution in [-0.4, -0.2) is 28.3 Å². The molecule has 3 aromatic rings. The van der Waals surface area contributed by atoms with Crippen molar-refractivity contribution >= 4 is 5.91 Å². The van der Waals surface area contributed by atoms with E-state index in [9.17, 15) is 18.0 Å². The summed E-state index contributed by atoms with van der Waals surface area (Å²) in [5.74, 6) is -0.507. The predicted octanol–water partition coefficient (Wildman–Crippen LogP) is 3.00.